The van der Waals surface area contributed by atoms with Gasteiger partial charge in [-0.05, 0) is 37.8 Å². The number of aliphatic hydroxyl groups excluding tert-OH is 1. The van der Waals surface area contributed by atoms with Crippen molar-refractivity contribution in [2.24, 2.45) is 5.92 Å². The van der Waals surface area contributed by atoms with Crippen molar-refractivity contribution in [2.75, 3.05) is 13.1 Å². The highest BCUT2D eigenvalue weighted by molar-refractivity contribution is 4.90. The van der Waals surface area contributed by atoms with Gasteiger partial charge in [0.05, 0.1) is 12.6 Å². The van der Waals surface area contributed by atoms with Gasteiger partial charge in [-0.2, -0.15) is 5.10 Å². The predicted octanol–water partition coefficient (Wildman–Crippen LogP) is 1.19. The van der Waals surface area contributed by atoms with Crippen LogP contribution in [0.3, 0.4) is 0 Å². The Kier molecular flexibility index (Phi) is 4.76. The summed E-state index contributed by atoms with van der Waals surface area (Å²) in [7, 11) is 0. The summed E-state index contributed by atoms with van der Waals surface area (Å²) in [6.45, 7) is 2.20. The van der Waals surface area contributed by atoms with E-state index < -0.39 is 0 Å². The van der Waals surface area contributed by atoms with Crippen molar-refractivity contribution in [1.82, 2.24) is 15.1 Å². The van der Waals surface area contributed by atoms with Crippen molar-refractivity contribution in [3.8, 4) is 0 Å². The van der Waals surface area contributed by atoms with Crippen molar-refractivity contribution in [1.29, 1.82) is 0 Å². The van der Waals surface area contributed by atoms with E-state index in [4.69, 9.17) is 0 Å². The van der Waals surface area contributed by atoms with Crippen LogP contribution in [0.1, 0.15) is 19.3 Å². The molecule has 0 aromatic carbocycles. The van der Waals surface area contributed by atoms with Crippen LogP contribution in [-0.4, -0.2) is 34.1 Å². The number of aromatic nitrogens is 2. The summed E-state index contributed by atoms with van der Waals surface area (Å²) >= 11 is 0. The lowest BCUT2D eigenvalue weighted by atomic mass is 9.94. The average Bonchev–Trinajstić information content (AvgIpc) is 2.83. The molecule has 4 nitrogen and oxygen atoms in total. The molecule has 94 valence electrons. The third kappa shape index (κ3) is 4.32. The SMILES string of the molecule is OC(CNCC1CC=CCC1)Cn1cccn1. The number of rotatable bonds is 6. The Morgan fingerprint density at radius 1 is 1.47 bits per heavy atom. The van der Waals surface area contributed by atoms with Gasteiger partial charge in [0.25, 0.3) is 0 Å². The molecule has 2 rings (SSSR count). The van der Waals surface area contributed by atoms with Gasteiger partial charge in [-0.1, -0.05) is 12.2 Å². The fraction of sp³-hybridized carbons (Fsp3) is 0.615. The second kappa shape index (κ2) is 6.57. The second-order valence-corrected chi connectivity index (χ2v) is 4.69. The molecule has 0 amide bonds. The minimum atomic E-state index is -0.367. The molecule has 4 heteroatoms. The first kappa shape index (κ1) is 12.3. The first-order valence-electron chi connectivity index (χ1n) is 6.36. The maximum atomic E-state index is 9.81. The normalized spacial score (nSPS) is 21.6. The van der Waals surface area contributed by atoms with Gasteiger partial charge in [-0.25, -0.2) is 0 Å². The lowest BCUT2D eigenvalue weighted by Gasteiger charge is -2.19. The van der Waals surface area contributed by atoms with Crippen molar-refractivity contribution < 1.29 is 5.11 Å². The molecule has 2 unspecified atom stereocenters. The van der Waals surface area contributed by atoms with Crippen LogP contribution < -0.4 is 5.32 Å². The monoisotopic (exact) mass is 235 g/mol. The van der Waals surface area contributed by atoms with E-state index in [-0.39, 0.29) is 6.10 Å². The summed E-state index contributed by atoms with van der Waals surface area (Å²) in [5.41, 5.74) is 0. The summed E-state index contributed by atoms with van der Waals surface area (Å²) in [6.07, 6.45) is 11.4. The Labute approximate surface area is 102 Å². The van der Waals surface area contributed by atoms with Gasteiger partial charge in [0.15, 0.2) is 0 Å². The Morgan fingerprint density at radius 3 is 3.12 bits per heavy atom. The number of nitrogens with zero attached hydrogens (tertiary/aromatic N) is 2. The molecule has 0 radical (unpaired) electrons. The fourth-order valence-electron chi connectivity index (χ4n) is 2.18. The van der Waals surface area contributed by atoms with E-state index in [2.05, 4.69) is 22.6 Å². The standard InChI is InChI=1S/C13H21N3O/c17-13(11-16-8-4-7-15-16)10-14-9-12-5-2-1-3-6-12/h1-2,4,7-8,12-14,17H,3,5-6,9-11H2. The van der Waals surface area contributed by atoms with E-state index in [1.165, 1.54) is 19.3 Å². The molecule has 1 aromatic heterocycles. The van der Waals surface area contributed by atoms with Crippen molar-refractivity contribution >= 4 is 0 Å². The quantitative estimate of drug-likeness (QED) is 0.728. The zero-order valence-corrected chi connectivity index (χ0v) is 10.1. The maximum Gasteiger partial charge on any atom is 0.0860 e. The van der Waals surface area contributed by atoms with E-state index >= 15 is 0 Å². The minimum absolute atomic E-state index is 0.367. The van der Waals surface area contributed by atoms with Gasteiger partial charge >= 0.3 is 0 Å². The Hall–Kier alpha value is -1.13. The van der Waals surface area contributed by atoms with E-state index in [1.807, 2.05) is 12.3 Å². The third-order valence-corrected chi connectivity index (χ3v) is 3.15. The fourth-order valence-corrected chi connectivity index (χ4v) is 2.18. The smallest absolute Gasteiger partial charge is 0.0860 e. The number of hydrogen-bond donors (Lipinski definition) is 2. The first-order valence-corrected chi connectivity index (χ1v) is 6.36. The molecule has 1 heterocycles. The van der Waals surface area contributed by atoms with Gasteiger partial charge in [0, 0.05) is 18.9 Å². The van der Waals surface area contributed by atoms with Crippen LogP contribution in [0.25, 0.3) is 0 Å². The van der Waals surface area contributed by atoms with Crippen LogP contribution in [0.4, 0.5) is 0 Å². The summed E-state index contributed by atoms with van der Waals surface area (Å²) in [5.74, 6) is 0.733. The van der Waals surface area contributed by atoms with Crippen molar-refractivity contribution in [3.63, 3.8) is 0 Å². The van der Waals surface area contributed by atoms with Crippen LogP contribution in [0, 0.1) is 5.92 Å². The van der Waals surface area contributed by atoms with E-state index in [1.54, 1.807) is 10.9 Å². The maximum absolute atomic E-state index is 9.81. The Bertz CT molecular complexity index is 334. The first-order chi connectivity index (χ1) is 8.34. The lowest BCUT2D eigenvalue weighted by molar-refractivity contribution is 0.145. The van der Waals surface area contributed by atoms with Gasteiger partial charge in [0.1, 0.15) is 0 Å². The van der Waals surface area contributed by atoms with Crippen molar-refractivity contribution in [2.45, 2.75) is 31.9 Å². The molecule has 1 aliphatic carbocycles. The molecule has 1 aliphatic rings. The molecular formula is C13H21N3O. The molecule has 0 spiro atoms. The average molecular weight is 235 g/mol. The second-order valence-electron chi connectivity index (χ2n) is 4.69. The van der Waals surface area contributed by atoms with Gasteiger partial charge in [-0.15, -0.1) is 0 Å². The Morgan fingerprint density at radius 2 is 2.41 bits per heavy atom. The van der Waals surface area contributed by atoms with Gasteiger partial charge in [0.2, 0.25) is 0 Å². The minimum Gasteiger partial charge on any atom is -0.390 e. The molecule has 2 N–H and O–H groups in total. The molecule has 0 aliphatic heterocycles. The van der Waals surface area contributed by atoms with Crippen LogP contribution in [0.5, 0.6) is 0 Å². The highest BCUT2D eigenvalue weighted by Crippen LogP contribution is 2.16. The predicted molar refractivity (Wildman–Crippen MR) is 67.6 cm³/mol. The molecule has 1 aromatic rings. The third-order valence-electron chi connectivity index (χ3n) is 3.15. The van der Waals surface area contributed by atoms with Crippen LogP contribution in [-0.2, 0) is 6.54 Å². The lowest BCUT2D eigenvalue weighted by Crippen LogP contribution is -2.33. The largest absolute Gasteiger partial charge is 0.390 e. The summed E-state index contributed by atoms with van der Waals surface area (Å²) in [5, 5.41) is 17.2. The molecule has 0 fully saturated rings. The number of aliphatic hydroxyl groups is 1. The highest BCUT2D eigenvalue weighted by atomic mass is 16.3. The van der Waals surface area contributed by atoms with E-state index in [0.29, 0.717) is 13.1 Å². The molecule has 2 atom stereocenters. The Balaban J connectivity index is 1.59. The number of hydrogen-bond acceptors (Lipinski definition) is 3. The summed E-state index contributed by atoms with van der Waals surface area (Å²) < 4.78 is 1.76. The summed E-state index contributed by atoms with van der Waals surface area (Å²) in [6, 6.07) is 1.87. The van der Waals surface area contributed by atoms with Crippen LogP contribution >= 0.6 is 0 Å². The summed E-state index contributed by atoms with van der Waals surface area (Å²) in [4.78, 5) is 0. The molecule has 17 heavy (non-hydrogen) atoms. The molecule has 0 bridgehead atoms. The zero-order chi connectivity index (χ0) is 11.9. The van der Waals surface area contributed by atoms with Crippen molar-refractivity contribution in [3.05, 3.63) is 30.6 Å². The molecule has 0 saturated heterocycles. The topological polar surface area (TPSA) is 50.1 Å². The van der Waals surface area contributed by atoms with Crippen LogP contribution in [0.15, 0.2) is 30.6 Å². The van der Waals surface area contributed by atoms with E-state index in [0.717, 1.165) is 12.5 Å². The number of nitrogens with one attached hydrogen (secondary N) is 1. The molecule has 0 saturated carbocycles. The molecular weight excluding hydrogens is 214 g/mol. The van der Waals surface area contributed by atoms with Crippen LogP contribution in [0.2, 0.25) is 0 Å². The zero-order valence-electron chi connectivity index (χ0n) is 10.1. The highest BCUT2D eigenvalue weighted by Gasteiger charge is 2.10. The van der Waals surface area contributed by atoms with E-state index in [9.17, 15) is 5.11 Å². The van der Waals surface area contributed by atoms with Gasteiger partial charge < -0.3 is 10.4 Å². The van der Waals surface area contributed by atoms with Gasteiger partial charge in [-0.3, -0.25) is 4.68 Å². The number of allylic oxidation sites excluding steroid dienone is 2.